The second-order valence-electron chi connectivity index (χ2n) is 4.91. The molecular weight excluding hydrogens is 284 g/mol. The van der Waals surface area contributed by atoms with Crippen molar-refractivity contribution >= 4 is 15.6 Å². The smallest absolute Gasteiger partial charge is 0.178 e. The number of carbonyl (C=O) groups excluding carboxylic acids is 1. The normalized spacial score (nSPS) is 11.2. The average molecular weight is 302 g/mol. The van der Waals surface area contributed by atoms with Gasteiger partial charge in [-0.25, -0.2) is 8.42 Å². The van der Waals surface area contributed by atoms with Crippen molar-refractivity contribution in [2.75, 3.05) is 5.75 Å². The van der Waals surface area contributed by atoms with E-state index < -0.39 is 9.84 Å². The van der Waals surface area contributed by atoms with Gasteiger partial charge in [0.25, 0.3) is 0 Å². The average Bonchev–Trinajstić information content (AvgIpc) is 2.53. The van der Waals surface area contributed by atoms with Gasteiger partial charge in [0.2, 0.25) is 0 Å². The first kappa shape index (κ1) is 15.4. The first-order valence-electron chi connectivity index (χ1n) is 6.91. The maximum Gasteiger partial charge on any atom is 0.178 e. The SMILES string of the molecule is O=C(CCc1ccccc1)CCS(=O)(=O)c1ccccc1. The van der Waals surface area contributed by atoms with Crippen LogP contribution in [0.5, 0.6) is 0 Å². The van der Waals surface area contributed by atoms with E-state index in [0.29, 0.717) is 12.8 Å². The molecule has 0 saturated heterocycles. The summed E-state index contributed by atoms with van der Waals surface area (Å²) in [6, 6.07) is 18.0. The number of benzene rings is 2. The number of Topliss-reactive ketones (excluding diaryl/α,β-unsaturated/α-hetero) is 1. The summed E-state index contributed by atoms with van der Waals surface area (Å²) < 4.78 is 24.1. The number of ketones is 1. The topological polar surface area (TPSA) is 51.2 Å². The molecule has 0 N–H and O–H groups in total. The highest BCUT2D eigenvalue weighted by atomic mass is 32.2. The largest absolute Gasteiger partial charge is 0.300 e. The van der Waals surface area contributed by atoms with E-state index in [1.165, 1.54) is 0 Å². The molecule has 0 aliphatic carbocycles. The Bertz CT molecular complexity index is 676. The van der Waals surface area contributed by atoms with Gasteiger partial charge in [0, 0.05) is 12.8 Å². The van der Waals surface area contributed by atoms with E-state index in [0.717, 1.165) is 5.56 Å². The summed E-state index contributed by atoms with van der Waals surface area (Å²) in [5.41, 5.74) is 1.09. The molecule has 0 radical (unpaired) electrons. The summed E-state index contributed by atoms with van der Waals surface area (Å²) in [5.74, 6) is -0.136. The summed E-state index contributed by atoms with van der Waals surface area (Å²) in [4.78, 5) is 12.1. The maximum absolute atomic E-state index is 12.1. The lowest BCUT2D eigenvalue weighted by Gasteiger charge is -2.04. The van der Waals surface area contributed by atoms with Crippen LogP contribution in [0.2, 0.25) is 0 Å². The summed E-state index contributed by atoms with van der Waals surface area (Å²) >= 11 is 0. The van der Waals surface area contributed by atoms with Crippen LogP contribution < -0.4 is 0 Å². The van der Waals surface area contributed by atoms with Crippen LogP contribution in [-0.2, 0) is 21.1 Å². The van der Waals surface area contributed by atoms with Crippen molar-refractivity contribution in [3.63, 3.8) is 0 Å². The Hall–Kier alpha value is -1.94. The Kier molecular flexibility index (Phi) is 5.28. The van der Waals surface area contributed by atoms with Crippen LogP contribution in [0.15, 0.2) is 65.6 Å². The van der Waals surface area contributed by atoms with Crippen LogP contribution in [0.3, 0.4) is 0 Å². The minimum Gasteiger partial charge on any atom is -0.300 e. The third-order valence-corrected chi connectivity index (χ3v) is 5.02. The molecule has 21 heavy (non-hydrogen) atoms. The van der Waals surface area contributed by atoms with E-state index in [2.05, 4.69) is 0 Å². The molecule has 0 amide bonds. The van der Waals surface area contributed by atoms with Crippen molar-refractivity contribution < 1.29 is 13.2 Å². The van der Waals surface area contributed by atoms with E-state index in [1.54, 1.807) is 30.3 Å². The number of hydrogen-bond donors (Lipinski definition) is 0. The van der Waals surface area contributed by atoms with Crippen LogP contribution in [0, 0.1) is 0 Å². The molecule has 2 aromatic rings. The van der Waals surface area contributed by atoms with E-state index in [1.807, 2.05) is 30.3 Å². The number of carbonyl (C=O) groups is 1. The van der Waals surface area contributed by atoms with Gasteiger partial charge in [0.1, 0.15) is 5.78 Å². The molecule has 4 heteroatoms. The van der Waals surface area contributed by atoms with Crippen molar-refractivity contribution in [3.8, 4) is 0 Å². The Morgan fingerprint density at radius 3 is 2.00 bits per heavy atom. The molecule has 0 atom stereocenters. The Labute approximate surface area is 125 Å². The molecule has 0 aliphatic heterocycles. The second kappa shape index (κ2) is 7.18. The van der Waals surface area contributed by atoms with Gasteiger partial charge in [-0.1, -0.05) is 48.5 Å². The Morgan fingerprint density at radius 2 is 1.38 bits per heavy atom. The molecular formula is C17H18O3S. The fourth-order valence-electron chi connectivity index (χ4n) is 2.05. The predicted molar refractivity (Wildman–Crippen MR) is 82.9 cm³/mol. The molecule has 0 unspecified atom stereocenters. The maximum atomic E-state index is 12.1. The lowest BCUT2D eigenvalue weighted by Crippen LogP contribution is -2.12. The van der Waals surface area contributed by atoms with Crippen molar-refractivity contribution in [3.05, 3.63) is 66.2 Å². The minimum atomic E-state index is -3.36. The first-order valence-corrected chi connectivity index (χ1v) is 8.56. The first-order chi connectivity index (χ1) is 10.1. The Balaban J connectivity index is 1.84. The van der Waals surface area contributed by atoms with Gasteiger partial charge >= 0.3 is 0 Å². The zero-order valence-electron chi connectivity index (χ0n) is 11.7. The highest BCUT2D eigenvalue weighted by Crippen LogP contribution is 2.12. The van der Waals surface area contributed by atoms with Crippen LogP contribution in [0.4, 0.5) is 0 Å². The zero-order valence-corrected chi connectivity index (χ0v) is 12.6. The van der Waals surface area contributed by atoms with Gasteiger partial charge < -0.3 is 0 Å². The molecule has 3 nitrogen and oxygen atoms in total. The number of rotatable bonds is 7. The zero-order chi connectivity index (χ0) is 15.1. The monoisotopic (exact) mass is 302 g/mol. The summed E-state index contributed by atoms with van der Waals surface area (Å²) in [5, 5.41) is 0. The van der Waals surface area contributed by atoms with E-state index in [-0.39, 0.29) is 22.9 Å². The number of aryl methyl sites for hydroxylation is 1. The van der Waals surface area contributed by atoms with E-state index in [4.69, 9.17) is 0 Å². The van der Waals surface area contributed by atoms with Crippen molar-refractivity contribution in [1.82, 2.24) is 0 Å². The molecule has 110 valence electrons. The summed E-state index contributed by atoms with van der Waals surface area (Å²) in [7, 11) is -3.36. The van der Waals surface area contributed by atoms with Crippen LogP contribution in [0.25, 0.3) is 0 Å². The third kappa shape index (κ3) is 4.83. The van der Waals surface area contributed by atoms with Crippen LogP contribution >= 0.6 is 0 Å². The quantitative estimate of drug-likeness (QED) is 0.790. The van der Waals surface area contributed by atoms with Gasteiger partial charge in [0.05, 0.1) is 10.6 Å². The van der Waals surface area contributed by atoms with E-state index in [9.17, 15) is 13.2 Å². The number of hydrogen-bond acceptors (Lipinski definition) is 3. The van der Waals surface area contributed by atoms with Crippen LogP contribution in [0.1, 0.15) is 18.4 Å². The minimum absolute atomic E-state index is 0.0154. The molecule has 2 aromatic carbocycles. The predicted octanol–water partition coefficient (Wildman–Crippen LogP) is 3.05. The standard InChI is InChI=1S/C17H18O3S/c18-16(12-11-15-7-3-1-4-8-15)13-14-21(19,20)17-9-5-2-6-10-17/h1-10H,11-14H2. The molecule has 0 saturated carbocycles. The molecule has 0 heterocycles. The fourth-order valence-corrected chi connectivity index (χ4v) is 3.35. The van der Waals surface area contributed by atoms with Gasteiger partial charge in [-0.05, 0) is 24.1 Å². The van der Waals surface area contributed by atoms with Crippen molar-refractivity contribution in [1.29, 1.82) is 0 Å². The van der Waals surface area contributed by atoms with Gasteiger partial charge in [0.15, 0.2) is 9.84 Å². The molecule has 0 fully saturated rings. The molecule has 0 bridgehead atoms. The fraction of sp³-hybridized carbons (Fsp3) is 0.235. The van der Waals surface area contributed by atoms with Crippen molar-refractivity contribution in [2.24, 2.45) is 0 Å². The molecule has 0 aromatic heterocycles. The summed E-state index contributed by atoms with van der Waals surface area (Å²) in [6.07, 6.45) is 1.11. The van der Waals surface area contributed by atoms with Gasteiger partial charge in [-0.15, -0.1) is 0 Å². The van der Waals surface area contributed by atoms with Crippen molar-refractivity contribution in [2.45, 2.75) is 24.2 Å². The highest BCUT2D eigenvalue weighted by Gasteiger charge is 2.15. The summed E-state index contributed by atoms with van der Waals surface area (Å²) in [6.45, 7) is 0. The van der Waals surface area contributed by atoms with E-state index >= 15 is 0 Å². The van der Waals surface area contributed by atoms with Gasteiger partial charge in [-0.2, -0.15) is 0 Å². The number of sulfone groups is 1. The molecule has 0 aliphatic rings. The van der Waals surface area contributed by atoms with Gasteiger partial charge in [-0.3, -0.25) is 4.79 Å². The second-order valence-corrected chi connectivity index (χ2v) is 7.02. The lowest BCUT2D eigenvalue weighted by molar-refractivity contribution is -0.118. The lowest BCUT2D eigenvalue weighted by atomic mass is 10.1. The Morgan fingerprint density at radius 1 is 0.810 bits per heavy atom. The molecule has 2 rings (SSSR count). The molecule has 0 spiro atoms. The third-order valence-electron chi connectivity index (χ3n) is 3.29. The van der Waals surface area contributed by atoms with Crippen LogP contribution in [-0.4, -0.2) is 20.0 Å². The highest BCUT2D eigenvalue weighted by molar-refractivity contribution is 7.91.